The number of β-lactam (4-membered cyclic amide) rings is 1. The van der Waals surface area contributed by atoms with E-state index in [1.807, 2.05) is 73.7 Å². The zero-order valence-corrected chi connectivity index (χ0v) is 18.5. The summed E-state index contributed by atoms with van der Waals surface area (Å²) in [5, 5.41) is 13.2. The van der Waals surface area contributed by atoms with Crippen molar-refractivity contribution in [3.63, 3.8) is 0 Å². The van der Waals surface area contributed by atoms with E-state index in [9.17, 15) is 14.9 Å². The minimum Gasteiger partial charge on any atom is -0.494 e. The van der Waals surface area contributed by atoms with Crippen molar-refractivity contribution in [2.75, 3.05) is 11.5 Å². The Hall–Kier alpha value is -4.39. The summed E-state index contributed by atoms with van der Waals surface area (Å²) in [5.41, 5.74) is 1.45. The van der Waals surface area contributed by atoms with Crippen LogP contribution in [0.15, 0.2) is 91.0 Å². The molecule has 0 aliphatic carbocycles. The van der Waals surface area contributed by atoms with Crippen LogP contribution in [0.25, 0.3) is 10.8 Å². The van der Waals surface area contributed by atoms with Crippen LogP contribution >= 0.6 is 0 Å². The molecule has 0 saturated carbocycles. The normalized spacial score (nSPS) is 17.3. The van der Waals surface area contributed by atoms with Gasteiger partial charge in [0.1, 0.15) is 17.5 Å². The second kappa shape index (κ2) is 8.86. The molecule has 34 heavy (non-hydrogen) atoms. The summed E-state index contributed by atoms with van der Waals surface area (Å²) < 4.78 is 11.7. The summed E-state index contributed by atoms with van der Waals surface area (Å²) in [4.78, 5) is 25.6. The highest BCUT2D eigenvalue weighted by atomic mass is 16.6. The van der Waals surface area contributed by atoms with Gasteiger partial charge in [-0.3, -0.25) is 19.8 Å². The zero-order valence-electron chi connectivity index (χ0n) is 18.5. The Balaban J connectivity index is 1.48. The number of rotatable bonds is 7. The third kappa shape index (κ3) is 3.92. The van der Waals surface area contributed by atoms with E-state index in [1.54, 1.807) is 17.0 Å². The molecule has 170 valence electrons. The predicted octanol–water partition coefficient (Wildman–Crippen LogP) is 5.68. The van der Waals surface area contributed by atoms with Crippen LogP contribution in [0, 0.1) is 10.1 Å². The lowest BCUT2D eigenvalue weighted by molar-refractivity contribution is -0.384. The number of nitrogens with zero attached hydrogens (tertiary/aromatic N) is 2. The zero-order chi connectivity index (χ0) is 23.7. The Kier molecular flexibility index (Phi) is 5.59. The number of benzene rings is 4. The van der Waals surface area contributed by atoms with E-state index in [1.165, 1.54) is 12.1 Å². The monoisotopic (exact) mass is 454 g/mol. The van der Waals surface area contributed by atoms with E-state index in [0.29, 0.717) is 18.0 Å². The van der Waals surface area contributed by atoms with Crippen LogP contribution in [0.5, 0.6) is 11.5 Å². The fraction of sp³-hybridized carbons (Fsp3) is 0.148. The summed E-state index contributed by atoms with van der Waals surface area (Å²) in [7, 11) is 0. The van der Waals surface area contributed by atoms with Crippen LogP contribution in [-0.2, 0) is 4.79 Å². The summed E-state index contributed by atoms with van der Waals surface area (Å²) in [5.74, 6) is 1.13. The molecule has 1 fully saturated rings. The number of hydrogen-bond acceptors (Lipinski definition) is 5. The van der Waals surface area contributed by atoms with Crippen molar-refractivity contribution in [3.8, 4) is 11.5 Å². The van der Waals surface area contributed by atoms with E-state index in [4.69, 9.17) is 9.47 Å². The number of fused-ring (bicyclic) bond motifs is 1. The fourth-order valence-electron chi connectivity index (χ4n) is 4.24. The van der Waals surface area contributed by atoms with Crippen molar-refractivity contribution in [2.45, 2.75) is 19.1 Å². The van der Waals surface area contributed by atoms with Crippen LogP contribution in [0.3, 0.4) is 0 Å². The van der Waals surface area contributed by atoms with Gasteiger partial charge in [-0.25, -0.2) is 0 Å². The quantitative estimate of drug-likeness (QED) is 0.204. The number of anilines is 1. The van der Waals surface area contributed by atoms with Crippen molar-refractivity contribution < 1.29 is 19.2 Å². The second-order valence-electron chi connectivity index (χ2n) is 7.98. The molecule has 1 aliphatic rings. The number of amides is 1. The summed E-state index contributed by atoms with van der Waals surface area (Å²) in [6, 6.07) is 26.7. The number of hydrogen-bond donors (Lipinski definition) is 0. The third-order valence-corrected chi connectivity index (χ3v) is 5.90. The van der Waals surface area contributed by atoms with Crippen molar-refractivity contribution in [3.05, 3.63) is 107 Å². The van der Waals surface area contributed by atoms with Crippen molar-refractivity contribution in [1.82, 2.24) is 0 Å². The van der Waals surface area contributed by atoms with Gasteiger partial charge in [-0.05, 0) is 71.8 Å². The highest BCUT2D eigenvalue weighted by Gasteiger charge is 2.51. The number of carbonyl (C=O) groups excluding carboxylic acids is 1. The topological polar surface area (TPSA) is 81.9 Å². The molecule has 2 atom stereocenters. The maximum Gasteiger partial charge on any atom is 0.271 e. The molecule has 0 bridgehead atoms. The first kappa shape index (κ1) is 21.5. The molecule has 0 unspecified atom stereocenters. The van der Waals surface area contributed by atoms with Crippen LogP contribution in [0.1, 0.15) is 18.5 Å². The lowest BCUT2D eigenvalue weighted by atomic mass is 9.89. The lowest BCUT2D eigenvalue weighted by Gasteiger charge is -2.46. The van der Waals surface area contributed by atoms with Gasteiger partial charge >= 0.3 is 0 Å². The molecule has 5 rings (SSSR count). The molecule has 0 radical (unpaired) electrons. The molecular formula is C27H22N2O5. The van der Waals surface area contributed by atoms with E-state index in [2.05, 4.69) is 0 Å². The van der Waals surface area contributed by atoms with Crippen LogP contribution < -0.4 is 14.4 Å². The Bertz CT molecular complexity index is 1350. The van der Waals surface area contributed by atoms with E-state index < -0.39 is 17.1 Å². The van der Waals surface area contributed by atoms with Gasteiger partial charge in [0.05, 0.1) is 11.5 Å². The van der Waals surface area contributed by atoms with E-state index in [0.717, 1.165) is 22.1 Å². The number of carbonyl (C=O) groups is 1. The van der Waals surface area contributed by atoms with Gasteiger partial charge in [0.2, 0.25) is 6.10 Å². The van der Waals surface area contributed by atoms with Gasteiger partial charge in [-0.15, -0.1) is 0 Å². The Morgan fingerprint density at radius 1 is 0.882 bits per heavy atom. The summed E-state index contributed by atoms with van der Waals surface area (Å²) in [6.07, 6.45) is -0.755. The molecule has 4 aromatic rings. The standard InChI is InChI=1S/C27H22N2O5/c1-2-33-23-15-12-21(13-16-23)28-25(19-7-10-22(11-8-19)29(31)32)26(27(28)30)34-24-14-9-18-5-3-4-6-20(18)17-24/h3-17,25-26H,2H2,1H3/t25-,26+/m1/s1. The molecule has 1 heterocycles. The van der Waals surface area contributed by atoms with Crippen molar-refractivity contribution >= 4 is 28.1 Å². The van der Waals surface area contributed by atoms with Gasteiger partial charge in [-0.2, -0.15) is 0 Å². The average Bonchev–Trinajstić information content (AvgIpc) is 2.86. The number of non-ortho nitro benzene ring substituents is 1. The molecule has 1 amide bonds. The van der Waals surface area contributed by atoms with Crippen molar-refractivity contribution in [2.24, 2.45) is 0 Å². The number of nitro groups is 1. The number of nitro benzene ring substituents is 1. The van der Waals surface area contributed by atoms with Crippen LogP contribution in [0.2, 0.25) is 0 Å². The fourth-order valence-corrected chi connectivity index (χ4v) is 4.24. The highest BCUT2D eigenvalue weighted by Crippen LogP contribution is 2.42. The summed E-state index contributed by atoms with van der Waals surface area (Å²) in [6.45, 7) is 2.46. The average molecular weight is 454 g/mol. The SMILES string of the molecule is CCOc1ccc(N2C(=O)[C@@H](Oc3ccc4ccccc4c3)[C@H]2c2ccc([N+](=O)[O-])cc2)cc1. The summed E-state index contributed by atoms with van der Waals surface area (Å²) >= 11 is 0. The molecule has 1 aliphatic heterocycles. The van der Waals surface area contributed by atoms with Gasteiger partial charge in [0, 0.05) is 17.8 Å². The van der Waals surface area contributed by atoms with Crippen LogP contribution in [0.4, 0.5) is 11.4 Å². The molecule has 0 spiro atoms. The third-order valence-electron chi connectivity index (χ3n) is 5.90. The Morgan fingerprint density at radius 2 is 1.56 bits per heavy atom. The largest absolute Gasteiger partial charge is 0.494 e. The lowest BCUT2D eigenvalue weighted by Crippen LogP contribution is -2.61. The highest BCUT2D eigenvalue weighted by molar-refractivity contribution is 6.05. The number of ether oxygens (including phenoxy) is 2. The second-order valence-corrected chi connectivity index (χ2v) is 7.98. The molecule has 7 nitrogen and oxygen atoms in total. The Labute approximate surface area is 196 Å². The first-order valence-corrected chi connectivity index (χ1v) is 11.0. The van der Waals surface area contributed by atoms with Gasteiger partial charge in [0.15, 0.2) is 0 Å². The van der Waals surface area contributed by atoms with Gasteiger partial charge in [0.25, 0.3) is 11.6 Å². The maximum atomic E-state index is 13.3. The smallest absolute Gasteiger partial charge is 0.271 e. The molecule has 0 aromatic heterocycles. The minimum absolute atomic E-state index is 0.00554. The predicted molar refractivity (Wildman–Crippen MR) is 129 cm³/mol. The van der Waals surface area contributed by atoms with Crippen LogP contribution in [-0.4, -0.2) is 23.5 Å². The first-order chi connectivity index (χ1) is 16.5. The first-order valence-electron chi connectivity index (χ1n) is 11.0. The molecule has 1 saturated heterocycles. The van der Waals surface area contributed by atoms with Gasteiger partial charge < -0.3 is 9.47 Å². The van der Waals surface area contributed by atoms with E-state index in [-0.39, 0.29) is 11.6 Å². The molecular weight excluding hydrogens is 432 g/mol. The molecule has 0 N–H and O–H groups in total. The van der Waals surface area contributed by atoms with Crippen molar-refractivity contribution in [1.29, 1.82) is 0 Å². The molecule has 4 aromatic carbocycles. The maximum absolute atomic E-state index is 13.3. The van der Waals surface area contributed by atoms with E-state index >= 15 is 0 Å². The minimum atomic E-state index is -0.755. The Morgan fingerprint density at radius 3 is 2.24 bits per heavy atom. The molecule has 7 heteroatoms. The van der Waals surface area contributed by atoms with Gasteiger partial charge in [-0.1, -0.05) is 30.3 Å².